The molecule has 0 radical (unpaired) electrons. The second-order valence-electron chi connectivity index (χ2n) is 4.63. The molecule has 1 heterocycles. The molecule has 94 valence electrons. The van der Waals surface area contributed by atoms with E-state index in [-0.39, 0.29) is 0 Å². The molecule has 0 atom stereocenters. The highest BCUT2D eigenvalue weighted by Crippen LogP contribution is 2.23. The van der Waals surface area contributed by atoms with Crippen LogP contribution in [-0.4, -0.2) is 17.2 Å². The SMILES string of the molecule is CC(C)c1ccc(N(C)c2cccc(N)c2)nn1. The van der Waals surface area contributed by atoms with E-state index in [9.17, 15) is 0 Å². The van der Waals surface area contributed by atoms with Crippen molar-refractivity contribution in [2.75, 3.05) is 17.7 Å². The molecule has 0 aliphatic carbocycles. The van der Waals surface area contributed by atoms with Crippen LogP contribution in [0.3, 0.4) is 0 Å². The first-order valence-electron chi connectivity index (χ1n) is 6.01. The monoisotopic (exact) mass is 242 g/mol. The van der Waals surface area contributed by atoms with Gasteiger partial charge in [0, 0.05) is 18.4 Å². The van der Waals surface area contributed by atoms with Crippen molar-refractivity contribution in [3.63, 3.8) is 0 Å². The molecule has 0 saturated heterocycles. The van der Waals surface area contributed by atoms with E-state index in [1.807, 2.05) is 48.3 Å². The van der Waals surface area contributed by atoms with E-state index in [2.05, 4.69) is 24.0 Å². The summed E-state index contributed by atoms with van der Waals surface area (Å²) in [6.07, 6.45) is 0. The van der Waals surface area contributed by atoms with Crippen molar-refractivity contribution in [3.05, 3.63) is 42.1 Å². The molecule has 0 saturated carbocycles. The molecule has 0 unspecified atom stereocenters. The van der Waals surface area contributed by atoms with Crippen molar-refractivity contribution in [1.82, 2.24) is 10.2 Å². The molecular weight excluding hydrogens is 224 g/mol. The zero-order valence-electron chi connectivity index (χ0n) is 11.0. The van der Waals surface area contributed by atoms with Crippen LogP contribution in [0.1, 0.15) is 25.5 Å². The first-order chi connectivity index (χ1) is 8.58. The van der Waals surface area contributed by atoms with Crippen LogP contribution in [0, 0.1) is 0 Å². The lowest BCUT2D eigenvalue weighted by molar-refractivity contribution is 0.783. The van der Waals surface area contributed by atoms with Gasteiger partial charge in [-0.25, -0.2) is 0 Å². The summed E-state index contributed by atoms with van der Waals surface area (Å²) < 4.78 is 0. The van der Waals surface area contributed by atoms with E-state index >= 15 is 0 Å². The lowest BCUT2D eigenvalue weighted by atomic mass is 10.1. The number of anilines is 3. The van der Waals surface area contributed by atoms with Gasteiger partial charge in [0.05, 0.1) is 5.69 Å². The maximum Gasteiger partial charge on any atom is 0.155 e. The van der Waals surface area contributed by atoms with Crippen molar-refractivity contribution in [1.29, 1.82) is 0 Å². The molecule has 2 aromatic rings. The van der Waals surface area contributed by atoms with Gasteiger partial charge in [-0.15, -0.1) is 5.10 Å². The van der Waals surface area contributed by atoms with Crippen LogP contribution in [0.5, 0.6) is 0 Å². The zero-order valence-corrected chi connectivity index (χ0v) is 11.0. The summed E-state index contributed by atoms with van der Waals surface area (Å²) in [5.74, 6) is 1.20. The molecule has 0 fully saturated rings. The molecule has 0 spiro atoms. The lowest BCUT2D eigenvalue weighted by Crippen LogP contribution is -2.12. The maximum absolute atomic E-state index is 5.78. The van der Waals surface area contributed by atoms with Crippen molar-refractivity contribution in [2.24, 2.45) is 0 Å². The van der Waals surface area contributed by atoms with Gasteiger partial charge < -0.3 is 10.6 Å². The van der Waals surface area contributed by atoms with Crippen molar-refractivity contribution >= 4 is 17.2 Å². The van der Waals surface area contributed by atoms with Gasteiger partial charge in [-0.05, 0) is 36.2 Å². The summed E-state index contributed by atoms with van der Waals surface area (Å²) in [4.78, 5) is 1.97. The van der Waals surface area contributed by atoms with Crippen LogP contribution in [-0.2, 0) is 0 Å². The Bertz CT molecular complexity index is 520. The number of nitrogens with zero attached hydrogens (tertiary/aromatic N) is 3. The smallest absolute Gasteiger partial charge is 0.155 e. The highest BCUT2D eigenvalue weighted by atomic mass is 15.2. The number of hydrogen-bond acceptors (Lipinski definition) is 4. The zero-order chi connectivity index (χ0) is 13.1. The van der Waals surface area contributed by atoms with Gasteiger partial charge >= 0.3 is 0 Å². The van der Waals surface area contributed by atoms with Crippen LogP contribution in [0.2, 0.25) is 0 Å². The molecule has 1 aromatic carbocycles. The van der Waals surface area contributed by atoms with E-state index in [1.165, 1.54) is 0 Å². The van der Waals surface area contributed by atoms with Crippen molar-refractivity contribution in [2.45, 2.75) is 19.8 Å². The molecule has 4 nitrogen and oxygen atoms in total. The van der Waals surface area contributed by atoms with Gasteiger partial charge in [0.1, 0.15) is 0 Å². The van der Waals surface area contributed by atoms with Gasteiger partial charge in [-0.3, -0.25) is 0 Å². The van der Waals surface area contributed by atoms with E-state index in [0.29, 0.717) is 5.92 Å². The fourth-order valence-corrected chi connectivity index (χ4v) is 1.69. The average Bonchev–Trinajstić information content (AvgIpc) is 2.38. The van der Waals surface area contributed by atoms with Crippen LogP contribution >= 0.6 is 0 Å². The van der Waals surface area contributed by atoms with Crippen molar-refractivity contribution < 1.29 is 0 Å². The minimum atomic E-state index is 0.393. The Balaban J connectivity index is 2.26. The van der Waals surface area contributed by atoms with Crippen LogP contribution in [0.25, 0.3) is 0 Å². The summed E-state index contributed by atoms with van der Waals surface area (Å²) in [5, 5.41) is 8.47. The standard InChI is InChI=1S/C14H18N4/c1-10(2)13-7-8-14(17-16-13)18(3)12-6-4-5-11(15)9-12/h4-10H,15H2,1-3H3. The molecule has 0 amide bonds. The molecule has 2 N–H and O–H groups in total. The van der Waals surface area contributed by atoms with E-state index in [4.69, 9.17) is 5.73 Å². The Morgan fingerprint density at radius 2 is 1.89 bits per heavy atom. The van der Waals surface area contributed by atoms with E-state index < -0.39 is 0 Å². The normalized spacial score (nSPS) is 10.7. The number of rotatable bonds is 3. The molecule has 2 rings (SSSR count). The third-order valence-electron chi connectivity index (χ3n) is 2.86. The van der Waals surface area contributed by atoms with Gasteiger partial charge in [0.2, 0.25) is 0 Å². The summed E-state index contributed by atoms with van der Waals surface area (Å²) >= 11 is 0. The fraction of sp³-hybridized carbons (Fsp3) is 0.286. The maximum atomic E-state index is 5.78. The number of aromatic nitrogens is 2. The van der Waals surface area contributed by atoms with Gasteiger partial charge in [-0.1, -0.05) is 19.9 Å². The van der Waals surface area contributed by atoms with Gasteiger partial charge in [0.15, 0.2) is 5.82 Å². The summed E-state index contributed by atoms with van der Waals surface area (Å²) in [5.41, 5.74) is 8.52. The molecule has 1 aromatic heterocycles. The molecule has 0 aliphatic heterocycles. The second kappa shape index (κ2) is 5.04. The Kier molecular flexibility index (Phi) is 3.46. The predicted octanol–water partition coefficient (Wildman–Crippen LogP) is 2.95. The average molecular weight is 242 g/mol. The molecule has 0 bridgehead atoms. The Morgan fingerprint density at radius 1 is 1.11 bits per heavy atom. The Morgan fingerprint density at radius 3 is 2.44 bits per heavy atom. The summed E-state index contributed by atoms with van der Waals surface area (Å²) in [7, 11) is 1.95. The molecule has 0 aliphatic rings. The van der Waals surface area contributed by atoms with Crippen molar-refractivity contribution in [3.8, 4) is 0 Å². The van der Waals surface area contributed by atoms with Gasteiger partial charge in [-0.2, -0.15) is 5.10 Å². The Hall–Kier alpha value is -2.10. The second-order valence-corrected chi connectivity index (χ2v) is 4.63. The van der Waals surface area contributed by atoms with Gasteiger partial charge in [0.25, 0.3) is 0 Å². The van der Waals surface area contributed by atoms with E-state index in [0.717, 1.165) is 22.9 Å². The fourth-order valence-electron chi connectivity index (χ4n) is 1.69. The number of benzene rings is 1. The minimum Gasteiger partial charge on any atom is -0.399 e. The third-order valence-corrected chi connectivity index (χ3v) is 2.86. The first-order valence-corrected chi connectivity index (χ1v) is 6.01. The van der Waals surface area contributed by atoms with E-state index in [1.54, 1.807) is 0 Å². The predicted molar refractivity (Wildman–Crippen MR) is 75.0 cm³/mol. The number of hydrogen-bond donors (Lipinski definition) is 1. The van der Waals surface area contributed by atoms with Crippen LogP contribution in [0.15, 0.2) is 36.4 Å². The highest BCUT2D eigenvalue weighted by molar-refractivity contribution is 5.63. The van der Waals surface area contributed by atoms with Crippen LogP contribution < -0.4 is 10.6 Å². The number of nitrogens with two attached hydrogens (primary N) is 1. The highest BCUT2D eigenvalue weighted by Gasteiger charge is 2.07. The number of nitrogen functional groups attached to an aromatic ring is 1. The topological polar surface area (TPSA) is 55.0 Å². The molecule has 4 heteroatoms. The molecular formula is C14H18N4. The lowest BCUT2D eigenvalue weighted by Gasteiger charge is -2.18. The third kappa shape index (κ3) is 2.59. The first kappa shape index (κ1) is 12.4. The minimum absolute atomic E-state index is 0.393. The Labute approximate surface area is 107 Å². The van der Waals surface area contributed by atoms with Crippen LogP contribution in [0.4, 0.5) is 17.2 Å². The summed E-state index contributed by atoms with van der Waals surface area (Å²) in [6, 6.07) is 11.7. The largest absolute Gasteiger partial charge is 0.399 e. The summed E-state index contributed by atoms with van der Waals surface area (Å²) in [6.45, 7) is 4.20. The quantitative estimate of drug-likeness (QED) is 0.841. The molecule has 18 heavy (non-hydrogen) atoms.